The maximum absolute atomic E-state index is 14.2. The molecule has 4 aromatic rings. The quantitative estimate of drug-likeness (QED) is 0.371. The van der Waals surface area contributed by atoms with E-state index < -0.39 is 30.2 Å². The monoisotopic (exact) mass is 489 g/mol. The molecule has 9 nitrogen and oxygen atoms in total. The Balaban J connectivity index is 1.61. The maximum Gasteiger partial charge on any atom is 0.389 e. The van der Waals surface area contributed by atoms with Crippen LogP contribution < -0.4 is 11.1 Å². The molecule has 3 N–H and O–H groups in total. The van der Waals surface area contributed by atoms with E-state index in [2.05, 4.69) is 25.5 Å². The molecule has 0 saturated carbocycles. The van der Waals surface area contributed by atoms with E-state index in [1.54, 1.807) is 30.3 Å². The number of nitrogens with one attached hydrogen (secondary N) is 1. The topological polar surface area (TPSA) is 125 Å². The predicted molar refractivity (Wildman–Crippen MR) is 117 cm³/mol. The lowest BCUT2D eigenvalue weighted by atomic mass is 10.1. The smallest absolute Gasteiger partial charge is 0.382 e. The second-order valence-electron chi connectivity index (χ2n) is 7.75. The van der Waals surface area contributed by atoms with E-state index in [4.69, 9.17) is 10.3 Å². The summed E-state index contributed by atoms with van der Waals surface area (Å²) in [5.41, 5.74) is 7.48. The van der Waals surface area contributed by atoms with Crippen molar-refractivity contribution in [1.82, 2.24) is 24.9 Å². The minimum atomic E-state index is -4.48. The third kappa shape index (κ3) is 5.62. The molecule has 0 aliphatic heterocycles. The molecule has 182 valence electrons. The first-order valence-electron chi connectivity index (χ1n) is 10.3. The van der Waals surface area contributed by atoms with Gasteiger partial charge in [-0.25, -0.2) is 14.4 Å². The highest BCUT2D eigenvalue weighted by molar-refractivity contribution is 5.94. The van der Waals surface area contributed by atoms with Crippen molar-refractivity contribution in [3.05, 3.63) is 60.2 Å². The molecule has 0 saturated heterocycles. The molecule has 13 heteroatoms. The molecule has 1 amide bonds. The first-order valence-corrected chi connectivity index (χ1v) is 10.3. The van der Waals surface area contributed by atoms with Crippen LogP contribution in [0.15, 0.2) is 53.4 Å². The Morgan fingerprint density at radius 2 is 2.00 bits per heavy atom. The van der Waals surface area contributed by atoms with Crippen molar-refractivity contribution in [2.45, 2.75) is 26.1 Å². The number of anilines is 2. The summed E-state index contributed by atoms with van der Waals surface area (Å²) in [7, 11) is 0. The number of carbonyl (C=O) groups is 1. The highest BCUT2D eigenvalue weighted by atomic mass is 19.4. The lowest BCUT2D eigenvalue weighted by Crippen LogP contribution is -2.26. The minimum absolute atomic E-state index is 0.0321. The van der Waals surface area contributed by atoms with Crippen molar-refractivity contribution in [3.8, 4) is 22.9 Å². The second-order valence-corrected chi connectivity index (χ2v) is 7.75. The fraction of sp³-hybridized carbons (Fsp3) is 0.227. The molecule has 3 heterocycles. The van der Waals surface area contributed by atoms with Crippen molar-refractivity contribution in [3.63, 3.8) is 0 Å². The predicted octanol–water partition coefficient (Wildman–Crippen LogP) is 4.29. The zero-order valence-corrected chi connectivity index (χ0v) is 18.3. The van der Waals surface area contributed by atoms with Crippen LogP contribution in [0.3, 0.4) is 0 Å². The molecule has 0 aliphatic carbocycles. The fourth-order valence-electron chi connectivity index (χ4n) is 3.30. The summed E-state index contributed by atoms with van der Waals surface area (Å²) in [6.07, 6.45) is -3.20. The molecule has 0 aliphatic rings. The summed E-state index contributed by atoms with van der Waals surface area (Å²) in [5, 5.41) is 10.7. The molecular weight excluding hydrogens is 470 g/mol. The number of aromatic nitrogens is 5. The van der Waals surface area contributed by atoms with Crippen LogP contribution in [0, 0.1) is 11.7 Å². The number of nitrogen functional groups attached to an aromatic ring is 1. The molecule has 0 spiro atoms. The number of amides is 1. The number of benzene rings is 1. The summed E-state index contributed by atoms with van der Waals surface area (Å²) < 4.78 is 58.3. The third-order valence-electron chi connectivity index (χ3n) is 5.05. The number of hydrogen-bond donors (Lipinski definition) is 2. The second kappa shape index (κ2) is 9.52. The van der Waals surface area contributed by atoms with Crippen LogP contribution in [0.4, 0.5) is 29.1 Å². The summed E-state index contributed by atoms with van der Waals surface area (Å²) >= 11 is 0. The summed E-state index contributed by atoms with van der Waals surface area (Å²) in [6, 6.07) is 9.44. The van der Waals surface area contributed by atoms with Crippen molar-refractivity contribution in [2.24, 2.45) is 5.92 Å². The van der Waals surface area contributed by atoms with Gasteiger partial charge in [0.05, 0.1) is 24.9 Å². The average Bonchev–Trinajstić information content (AvgIpc) is 3.45. The van der Waals surface area contributed by atoms with Crippen LogP contribution in [0.1, 0.15) is 18.9 Å². The van der Waals surface area contributed by atoms with Crippen LogP contribution in [0.25, 0.3) is 22.9 Å². The molecule has 3 aromatic heterocycles. The molecule has 0 bridgehead atoms. The molecular formula is C22H19F4N7O2. The first-order chi connectivity index (χ1) is 16.6. The number of alkyl halides is 3. The molecule has 1 unspecified atom stereocenters. The molecule has 0 fully saturated rings. The fourth-order valence-corrected chi connectivity index (χ4v) is 3.30. The van der Waals surface area contributed by atoms with Crippen molar-refractivity contribution >= 4 is 17.4 Å². The van der Waals surface area contributed by atoms with Gasteiger partial charge < -0.3 is 15.6 Å². The van der Waals surface area contributed by atoms with Crippen LogP contribution in [0.5, 0.6) is 0 Å². The van der Waals surface area contributed by atoms with Gasteiger partial charge in [-0.15, -0.1) is 0 Å². The molecule has 1 aromatic carbocycles. The van der Waals surface area contributed by atoms with Gasteiger partial charge in [-0.2, -0.15) is 18.3 Å². The Kier molecular flexibility index (Phi) is 6.49. The number of rotatable bonds is 7. The van der Waals surface area contributed by atoms with Crippen molar-refractivity contribution in [1.29, 1.82) is 0 Å². The van der Waals surface area contributed by atoms with Crippen LogP contribution in [-0.2, 0) is 11.3 Å². The number of nitrogens with two attached hydrogens (primary N) is 1. The molecule has 1 atom stereocenters. The Bertz CT molecular complexity index is 1340. The van der Waals surface area contributed by atoms with Gasteiger partial charge in [0.15, 0.2) is 11.6 Å². The highest BCUT2D eigenvalue weighted by Gasteiger charge is 2.33. The Hall–Kier alpha value is -4.29. The van der Waals surface area contributed by atoms with Gasteiger partial charge in [-0.3, -0.25) is 9.48 Å². The van der Waals surface area contributed by atoms with E-state index in [9.17, 15) is 22.4 Å². The number of hydrogen-bond acceptors (Lipinski definition) is 7. The van der Waals surface area contributed by atoms with E-state index in [-0.39, 0.29) is 29.6 Å². The Morgan fingerprint density at radius 3 is 2.66 bits per heavy atom. The summed E-state index contributed by atoms with van der Waals surface area (Å²) in [4.78, 5) is 20.4. The van der Waals surface area contributed by atoms with E-state index >= 15 is 0 Å². The normalized spacial score (nSPS) is 12.5. The molecule has 4 rings (SSSR count). The SMILES string of the molecule is CC(CC(F)(F)F)C(=O)Nc1cnc(-c2cc(-c3ccon3)n(Cc3ccccc3F)n2)nc1N. The van der Waals surface area contributed by atoms with Gasteiger partial charge >= 0.3 is 6.18 Å². The van der Waals surface area contributed by atoms with Crippen LogP contribution in [-0.4, -0.2) is 37.0 Å². The van der Waals surface area contributed by atoms with Gasteiger partial charge in [0.25, 0.3) is 0 Å². The molecule has 0 radical (unpaired) electrons. The van der Waals surface area contributed by atoms with Crippen molar-refractivity contribution in [2.75, 3.05) is 11.1 Å². The van der Waals surface area contributed by atoms with E-state index in [1.165, 1.54) is 23.2 Å². The highest BCUT2D eigenvalue weighted by Crippen LogP contribution is 2.28. The zero-order valence-electron chi connectivity index (χ0n) is 18.3. The zero-order chi connectivity index (χ0) is 25.2. The lowest BCUT2D eigenvalue weighted by molar-refractivity contribution is -0.150. The van der Waals surface area contributed by atoms with Crippen LogP contribution >= 0.6 is 0 Å². The molecule has 35 heavy (non-hydrogen) atoms. The Labute approximate surface area is 196 Å². The van der Waals surface area contributed by atoms with E-state index in [0.717, 1.165) is 6.92 Å². The van der Waals surface area contributed by atoms with Gasteiger partial charge in [0.2, 0.25) is 5.91 Å². The minimum Gasteiger partial charge on any atom is -0.382 e. The first kappa shape index (κ1) is 23.9. The average molecular weight is 489 g/mol. The van der Waals surface area contributed by atoms with E-state index in [0.29, 0.717) is 17.0 Å². The standard InChI is InChI=1S/C22H19F4N7O2/c1-12(9-22(24,25)26)21(34)29-17-10-28-20(30-19(17)27)16-8-18(15-6-7-35-32-15)33(31-16)11-13-4-2-3-5-14(13)23/h2-8,10,12H,9,11H2,1H3,(H,29,34)(H2,27,28,30). The van der Waals surface area contributed by atoms with Crippen LogP contribution in [0.2, 0.25) is 0 Å². The number of carbonyl (C=O) groups excluding carboxylic acids is 1. The summed E-state index contributed by atoms with van der Waals surface area (Å²) in [5.74, 6) is -2.67. The number of halogens is 4. The maximum atomic E-state index is 14.2. The van der Waals surface area contributed by atoms with Crippen molar-refractivity contribution < 1.29 is 26.9 Å². The van der Waals surface area contributed by atoms with Gasteiger partial charge in [0.1, 0.15) is 29.2 Å². The van der Waals surface area contributed by atoms with E-state index in [1.807, 2.05) is 0 Å². The van der Waals surface area contributed by atoms with Gasteiger partial charge in [0, 0.05) is 17.5 Å². The lowest BCUT2D eigenvalue weighted by Gasteiger charge is -2.14. The third-order valence-corrected chi connectivity index (χ3v) is 5.05. The van der Waals surface area contributed by atoms with Gasteiger partial charge in [-0.05, 0) is 12.1 Å². The Morgan fingerprint density at radius 1 is 1.23 bits per heavy atom. The summed E-state index contributed by atoms with van der Waals surface area (Å²) in [6.45, 7) is 1.23. The number of nitrogens with zero attached hydrogens (tertiary/aromatic N) is 5. The van der Waals surface area contributed by atoms with Gasteiger partial charge in [-0.1, -0.05) is 30.3 Å². The largest absolute Gasteiger partial charge is 0.389 e.